The number of nitrogen functional groups attached to an aromatic ring is 1. The molecule has 2 heterocycles. The monoisotopic (exact) mass is 393 g/mol. The van der Waals surface area contributed by atoms with E-state index in [1.54, 1.807) is 12.3 Å². The van der Waals surface area contributed by atoms with E-state index in [4.69, 9.17) is 10.3 Å². The second-order valence-corrected chi connectivity index (χ2v) is 7.17. The summed E-state index contributed by atoms with van der Waals surface area (Å²) in [5.74, 6) is 7.58. The maximum absolute atomic E-state index is 12.0. The summed E-state index contributed by atoms with van der Waals surface area (Å²) in [6.45, 7) is 0.355. The number of amides is 1. The van der Waals surface area contributed by atoms with Crippen LogP contribution in [0.1, 0.15) is 17.1 Å². The Labute approximate surface area is 165 Å². The number of carbonyl (C=O) groups excluding carboxylic acids is 1. The molecule has 0 fully saturated rings. The van der Waals surface area contributed by atoms with Crippen molar-refractivity contribution in [2.24, 2.45) is 0 Å². The molecule has 0 aliphatic rings. The molecule has 0 saturated heterocycles. The Balaban J connectivity index is 1.39. The molecule has 142 valence electrons. The van der Waals surface area contributed by atoms with E-state index in [9.17, 15) is 4.79 Å². The summed E-state index contributed by atoms with van der Waals surface area (Å²) in [5.41, 5.74) is 1.13. The number of benzene rings is 2. The maximum atomic E-state index is 12.0. The van der Waals surface area contributed by atoms with Crippen LogP contribution in [0.5, 0.6) is 0 Å². The third-order valence-electron chi connectivity index (χ3n) is 4.34. The predicted molar refractivity (Wildman–Crippen MR) is 108 cm³/mol. The van der Waals surface area contributed by atoms with E-state index in [0.717, 1.165) is 5.56 Å². The van der Waals surface area contributed by atoms with Gasteiger partial charge in [0.15, 0.2) is 5.82 Å². The highest BCUT2D eigenvalue weighted by Gasteiger charge is 2.14. The third-order valence-corrected chi connectivity index (χ3v) is 5.28. The van der Waals surface area contributed by atoms with Crippen LogP contribution in [0.2, 0.25) is 0 Å². The number of aromatic nitrogens is 3. The van der Waals surface area contributed by atoms with Gasteiger partial charge >= 0.3 is 0 Å². The quantitative estimate of drug-likeness (QED) is 0.370. The van der Waals surface area contributed by atoms with Gasteiger partial charge in [0.05, 0.1) is 18.6 Å². The van der Waals surface area contributed by atoms with E-state index < -0.39 is 0 Å². The van der Waals surface area contributed by atoms with Gasteiger partial charge in [0.2, 0.25) is 11.1 Å². The first-order valence-corrected chi connectivity index (χ1v) is 9.77. The van der Waals surface area contributed by atoms with Gasteiger partial charge in [-0.2, -0.15) is 0 Å². The minimum absolute atomic E-state index is 0.125. The summed E-state index contributed by atoms with van der Waals surface area (Å²) in [6, 6.07) is 17.9. The van der Waals surface area contributed by atoms with Gasteiger partial charge in [-0.1, -0.05) is 54.2 Å². The number of rotatable bonds is 7. The molecule has 0 spiro atoms. The van der Waals surface area contributed by atoms with Crippen molar-refractivity contribution in [3.8, 4) is 0 Å². The molecule has 2 aromatic carbocycles. The number of nitrogens with two attached hydrogens (primary N) is 1. The molecular formula is C20H19N5O2S. The Kier molecular flexibility index (Phi) is 5.29. The van der Waals surface area contributed by atoms with Gasteiger partial charge in [0.25, 0.3) is 0 Å². The Hall–Kier alpha value is -3.26. The van der Waals surface area contributed by atoms with E-state index in [1.165, 1.54) is 27.2 Å². The molecule has 7 nitrogen and oxygen atoms in total. The molecule has 1 amide bonds. The number of fused-ring (bicyclic) bond motifs is 1. The molecule has 4 aromatic rings. The van der Waals surface area contributed by atoms with Crippen molar-refractivity contribution in [3.05, 3.63) is 78.0 Å². The van der Waals surface area contributed by atoms with Gasteiger partial charge in [-0.3, -0.25) is 4.79 Å². The van der Waals surface area contributed by atoms with Crippen LogP contribution in [0.25, 0.3) is 10.8 Å². The minimum Gasteiger partial charge on any atom is -0.467 e. The Bertz CT molecular complexity index is 1090. The molecular weight excluding hydrogens is 374 g/mol. The number of carbonyl (C=O) groups is 1. The molecule has 28 heavy (non-hydrogen) atoms. The standard InChI is InChI=1S/C20H19N5O2S/c21-25-18(11-15-7-3-6-14-5-1-2-9-17(14)15)23-24-20(25)28-13-19(26)22-12-16-8-4-10-27-16/h1-10H,11-13,21H2,(H,22,26). The van der Waals surface area contributed by atoms with Crippen molar-refractivity contribution in [2.75, 3.05) is 11.6 Å². The van der Waals surface area contributed by atoms with E-state index >= 15 is 0 Å². The van der Waals surface area contributed by atoms with Gasteiger partial charge in [0, 0.05) is 6.42 Å². The van der Waals surface area contributed by atoms with Gasteiger partial charge in [-0.25, -0.2) is 4.68 Å². The van der Waals surface area contributed by atoms with Crippen molar-refractivity contribution in [2.45, 2.75) is 18.1 Å². The average Bonchev–Trinajstić information content (AvgIpc) is 3.36. The topological polar surface area (TPSA) is 99.0 Å². The lowest BCUT2D eigenvalue weighted by Crippen LogP contribution is -2.24. The van der Waals surface area contributed by atoms with Crippen LogP contribution in [0.15, 0.2) is 70.4 Å². The summed E-state index contributed by atoms with van der Waals surface area (Å²) in [4.78, 5) is 12.0. The molecule has 0 aliphatic carbocycles. The Morgan fingerprint density at radius 2 is 1.96 bits per heavy atom. The normalized spacial score (nSPS) is 11.0. The van der Waals surface area contributed by atoms with Crippen LogP contribution in [-0.4, -0.2) is 26.5 Å². The van der Waals surface area contributed by atoms with Crippen LogP contribution >= 0.6 is 11.8 Å². The lowest BCUT2D eigenvalue weighted by atomic mass is 10.0. The third kappa shape index (κ3) is 4.01. The molecule has 0 aliphatic heterocycles. The van der Waals surface area contributed by atoms with Crippen molar-refractivity contribution < 1.29 is 9.21 Å². The number of hydrogen-bond acceptors (Lipinski definition) is 6. The van der Waals surface area contributed by atoms with Gasteiger partial charge in [-0.05, 0) is 28.5 Å². The van der Waals surface area contributed by atoms with Crippen molar-refractivity contribution in [1.82, 2.24) is 20.2 Å². The zero-order chi connectivity index (χ0) is 19.3. The first-order valence-electron chi connectivity index (χ1n) is 8.78. The summed E-state index contributed by atoms with van der Waals surface area (Å²) in [5, 5.41) is 14.0. The average molecular weight is 393 g/mol. The fourth-order valence-corrected chi connectivity index (χ4v) is 3.63. The van der Waals surface area contributed by atoms with Crippen LogP contribution in [-0.2, 0) is 17.8 Å². The van der Waals surface area contributed by atoms with Gasteiger partial charge in [-0.15, -0.1) is 10.2 Å². The largest absolute Gasteiger partial charge is 0.467 e. The van der Waals surface area contributed by atoms with Crippen LogP contribution in [0.3, 0.4) is 0 Å². The van der Waals surface area contributed by atoms with E-state index in [0.29, 0.717) is 29.7 Å². The lowest BCUT2D eigenvalue weighted by Gasteiger charge is -2.07. The van der Waals surface area contributed by atoms with Crippen LogP contribution < -0.4 is 11.2 Å². The molecule has 3 N–H and O–H groups in total. The molecule has 0 radical (unpaired) electrons. The summed E-state index contributed by atoms with van der Waals surface area (Å²) in [7, 11) is 0. The molecule has 4 rings (SSSR count). The molecule has 8 heteroatoms. The summed E-state index contributed by atoms with van der Waals surface area (Å²) >= 11 is 1.25. The SMILES string of the molecule is Nn1c(Cc2cccc3ccccc23)nnc1SCC(=O)NCc1ccco1. The molecule has 0 unspecified atom stereocenters. The van der Waals surface area contributed by atoms with Crippen LogP contribution in [0, 0.1) is 0 Å². The lowest BCUT2D eigenvalue weighted by molar-refractivity contribution is -0.118. The number of hydrogen-bond donors (Lipinski definition) is 2. The second kappa shape index (κ2) is 8.18. The Morgan fingerprint density at radius 1 is 1.11 bits per heavy atom. The van der Waals surface area contributed by atoms with Crippen molar-refractivity contribution in [3.63, 3.8) is 0 Å². The molecule has 0 bridgehead atoms. The number of furan rings is 1. The van der Waals surface area contributed by atoms with E-state index in [2.05, 4.69) is 39.8 Å². The van der Waals surface area contributed by atoms with Gasteiger partial charge < -0.3 is 15.6 Å². The Morgan fingerprint density at radius 3 is 2.82 bits per heavy atom. The maximum Gasteiger partial charge on any atom is 0.230 e. The van der Waals surface area contributed by atoms with E-state index in [-0.39, 0.29) is 11.7 Å². The fraction of sp³-hybridized carbons (Fsp3) is 0.150. The number of nitrogens with zero attached hydrogens (tertiary/aromatic N) is 3. The smallest absolute Gasteiger partial charge is 0.230 e. The number of nitrogens with one attached hydrogen (secondary N) is 1. The highest BCUT2D eigenvalue weighted by molar-refractivity contribution is 7.99. The zero-order valence-corrected chi connectivity index (χ0v) is 15.9. The predicted octanol–water partition coefficient (Wildman–Crippen LogP) is 2.74. The molecule has 0 atom stereocenters. The van der Waals surface area contributed by atoms with Crippen LogP contribution in [0.4, 0.5) is 0 Å². The van der Waals surface area contributed by atoms with Gasteiger partial charge in [0.1, 0.15) is 5.76 Å². The first kappa shape index (κ1) is 18.1. The molecule has 0 saturated carbocycles. The molecule has 2 aromatic heterocycles. The summed E-state index contributed by atoms with van der Waals surface area (Å²) < 4.78 is 6.64. The highest BCUT2D eigenvalue weighted by atomic mass is 32.2. The van der Waals surface area contributed by atoms with Crippen molar-refractivity contribution in [1.29, 1.82) is 0 Å². The minimum atomic E-state index is -0.125. The second-order valence-electron chi connectivity index (χ2n) is 6.23. The fourth-order valence-electron chi connectivity index (χ4n) is 2.92. The van der Waals surface area contributed by atoms with Crippen molar-refractivity contribution >= 4 is 28.4 Å². The first-order chi connectivity index (χ1) is 13.7. The highest BCUT2D eigenvalue weighted by Crippen LogP contribution is 2.22. The summed E-state index contributed by atoms with van der Waals surface area (Å²) in [6.07, 6.45) is 2.14. The number of thioether (sulfide) groups is 1. The zero-order valence-electron chi connectivity index (χ0n) is 15.0. The van der Waals surface area contributed by atoms with E-state index in [1.807, 2.05) is 24.3 Å².